The smallest absolute Gasteiger partial charge is 0.137 e. The van der Waals surface area contributed by atoms with Gasteiger partial charge in [-0.1, -0.05) is 12.1 Å². The third-order valence-corrected chi connectivity index (χ3v) is 3.09. The van der Waals surface area contributed by atoms with E-state index < -0.39 is 5.60 Å². The third-order valence-electron chi connectivity index (χ3n) is 2.29. The maximum absolute atomic E-state index is 13.1. The molecule has 0 radical (unpaired) electrons. The SMILES string of the molecule is OC1(c2cccc(F)c2Br)CNC1. The van der Waals surface area contributed by atoms with Crippen molar-refractivity contribution in [2.75, 3.05) is 13.1 Å². The van der Waals surface area contributed by atoms with Crippen LogP contribution in [0.2, 0.25) is 0 Å². The molecule has 0 aliphatic carbocycles. The summed E-state index contributed by atoms with van der Waals surface area (Å²) in [5.74, 6) is -0.335. The number of halogens is 2. The average molecular weight is 246 g/mol. The zero-order valence-electron chi connectivity index (χ0n) is 6.85. The number of rotatable bonds is 1. The molecule has 70 valence electrons. The van der Waals surface area contributed by atoms with Gasteiger partial charge in [-0.25, -0.2) is 4.39 Å². The minimum Gasteiger partial charge on any atom is -0.382 e. The summed E-state index contributed by atoms with van der Waals surface area (Å²) in [6.45, 7) is 0.962. The van der Waals surface area contributed by atoms with Crippen LogP contribution in [0.3, 0.4) is 0 Å². The van der Waals surface area contributed by atoms with Crippen LogP contribution < -0.4 is 5.32 Å². The molecule has 0 aromatic heterocycles. The fraction of sp³-hybridized carbons (Fsp3) is 0.333. The van der Waals surface area contributed by atoms with Crippen LogP contribution in [-0.2, 0) is 5.60 Å². The Balaban J connectivity index is 2.45. The lowest BCUT2D eigenvalue weighted by Crippen LogP contribution is -2.56. The van der Waals surface area contributed by atoms with Gasteiger partial charge in [-0.15, -0.1) is 0 Å². The van der Waals surface area contributed by atoms with E-state index in [4.69, 9.17) is 0 Å². The van der Waals surface area contributed by atoms with Crippen molar-refractivity contribution in [1.29, 1.82) is 0 Å². The van der Waals surface area contributed by atoms with Gasteiger partial charge in [-0.3, -0.25) is 0 Å². The Labute approximate surface area is 83.9 Å². The summed E-state index contributed by atoms with van der Waals surface area (Å²) in [5.41, 5.74) is -0.285. The van der Waals surface area contributed by atoms with Crippen LogP contribution in [0.15, 0.2) is 22.7 Å². The minimum absolute atomic E-state index is 0.335. The first kappa shape index (κ1) is 9.12. The van der Waals surface area contributed by atoms with Crippen LogP contribution in [-0.4, -0.2) is 18.2 Å². The normalized spacial score (nSPS) is 19.6. The highest BCUT2D eigenvalue weighted by atomic mass is 79.9. The predicted octanol–water partition coefficient (Wildman–Crippen LogP) is 1.38. The fourth-order valence-corrected chi connectivity index (χ4v) is 2.05. The molecule has 0 bridgehead atoms. The quantitative estimate of drug-likeness (QED) is 0.784. The molecule has 2 nitrogen and oxygen atoms in total. The van der Waals surface area contributed by atoms with E-state index in [9.17, 15) is 9.50 Å². The maximum Gasteiger partial charge on any atom is 0.137 e. The van der Waals surface area contributed by atoms with Crippen molar-refractivity contribution < 1.29 is 9.50 Å². The van der Waals surface area contributed by atoms with E-state index >= 15 is 0 Å². The van der Waals surface area contributed by atoms with Gasteiger partial charge in [0.15, 0.2) is 0 Å². The van der Waals surface area contributed by atoms with Crippen LogP contribution in [0.25, 0.3) is 0 Å². The third kappa shape index (κ3) is 1.39. The van der Waals surface area contributed by atoms with Gasteiger partial charge in [0.25, 0.3) is 0 Å². The summed E-state index contributed by atoms with van der Waals surface area (Å²) < 4.78 is 13.5. The molecule has 1 heterocycles. The standard InChI is InChI=1S/C9H9BrFNO/c10-8-6(2-1-3-7(8)11)9(13)4-12-5-9/h1-3,12-13H,4-5H2. The number of benzene rings is 1. The molecular formula is C9H9BrFNO. The first-order valence-electron chi connectivity index (χ1n) is 4.01. The van der Waals surface area contributed by atoms with Crippen molar-refractivity contribution in [2.24, 2.45) is 0 Å². The Morgan fingerprint density at radius 3 is 2.69 bits per heavy atom. The van der Waals surface area contributed by atoms with Gasteiger partial charge >= 0.3 is 0 Å². The van der Waals surface area contributed by atoms with E-state index in [1.807, 2.05) is 0 Å². The maximum atomic E-state index is 13.1. The zero-order chi connectivity index (χ0) is 9.47. The monoisotopic (exact) mass is 245 g/mol. The molecule has 1 saturated heterocycles. The van der Waals surface area contributed by atoms with E-state index in [0.29, 0.717) is 23.1 Å². The van der Waals surface area contributed by atoms with Gasteiger partial charge in [0.05, 0.1) is 4.47 Å². The minimum atomic E-state index is -0.902. The molecule has 1 aliphatic rings. The van der Waals surface area contributed by atoms with E-state index in [2.05, 4.69) is 21.2 Å². The van der Waals surface area contributed by atoms with E-state index in [1.54, 1.807) is 12.1 Å². The number of nitrogens with one attached hydrogen (secondary N) is 1. The van der Waals surface area contributed by atoms with E-state index in [-0.39, 0.29) is 5.82 Å². The van der Waals surface area contributed by atoms with Gasteiger partial charge in [0, 0.05) is 18.7 Å². The molecule has 0 saturated carbocycles. The van der Waals surface area contributed by atoms with Crippen molar-refractivity contribution in [3.8, 4) is 0 Å². The average Bonchev–Trinajstić information content (AvgIpc) is 2.06. The molecular weight excluding hydrogens is 237 g/mol. The summed E-state index contributed by atoms with van der Waals surface area (Å²) in [5, 5.41) is 12.9. The summed E-state index contributed by atoms with van der Waals surface area (Å²) in [6.07, 6.45) is 0. The molecule has 13 heavy (non-hydrogen) atoms. The molecule has 1 aromatic carbocycles. The Kier molecular flexibility index (Phi) is 2.14. The summed E-state index contributed by atoms with van der Waals surface area (Å²) in [4.78, 5) is 0. The molecule has 1 fully saturated rings. The van der Waals surface area contributed by atoms with Gasteiger partial charge in [-0.2, -0.15) is 0 Å². The number of hydrogen-bond acceptors (Lipinski definition) is 2. The molecule has 0 unspecified atom stereocenters. The Hall–Kier alpha value is -0.450. The molecule has 0 amide bonds. The van der Waals surface area contributed by atoms with Gasteiger partial charge in [0.1, 0.15) is 11.4 Å². The van der Waals surface area contributed by atoms with Crippen LogP contribution >= 0.6 is 15.9 Å². The van der Waals surface area contributed by atoms with Crippen LogP contribution in [0.1, 0.15) is 5.56 Å². The van der Waals surface area contributed by atoms with Crippen LogP contribution in [0.5, 0.6) is 0 Å². The number of aliphatic hydroxyl groups is 1. The predicted molar refractivity (Wildman–Crippen MR) is 50.9 cm³/mol. The van der Waals surface area contributed by atoms with Crippen molar-refractivity contribution in [1.82, 2.24) is 5.32 Å². The second-order valence-electron chi connectivity index (χ2n) is 3.24. The van der Waals surface area contributed by atoms with Gasteiger partial charge in [0.2, 0.25) is 0 Å². The van der Waals surface area contributed by atoms with Gasteiger partial charge in [-0.05, 0) is 22.0 Å². The topological polar surface area (TPSA) is 32.3 Å². The molecule has 2 rings (SSSR count). The first-order valence-corrected chi connectivity index (χ1v) is 4.80. The Morgan fingerprint density at radius 1 is 1.46 bits per heavy atom. The molecule has 0 atom stereocenters. The molecule has 1 aromatic rings. The lowest BCUT2D eigenvalue weighted by atomic mass is 9.88. The second-order valence-corrected chi connectivity index (χ2v) is 4.03. The van der Waals surface area contributed by atoms with E-state index in [1.165, 1.54) is 6.07 Å². The lowest BCUT2D eigenvalue weighted by molar-refractivity contribution is -0.0155. The first-order chi connectivity index (χ1) is 6.13. The van der Waals surface area contributed by atoms with Crippen molar-refractivity contribution in [2.45, 2.75) is 5.60 Å². The zero-order valence-corrected chi connectivity index (χ0v) is 8.44. The number of β-amino-alcohol motifs (C(OH)–C–C–N with tert-alkyl or cyclic N) is 1. The van der Waals surface area contributed by atoms with Crippen LogP contribution in [0.4, 0.5) is 4.39 Å². The van der Waals surface area contributed by atoms with Crippen molar-refractivity contribution in [3.05, 3.63) is 34.1 Å². The highest BCUT2D eigenvalue weighted by Gasteiger charge is 2.38. The van der Waals surface area contributed by atoms with Gasteiger partial charge < -0.3 is 10.4 Å². The largest absolute Gasteiger partial charge is 0.382 e. The molecule has 0 spiro atoms. The molecule has 4 heteroatoms. The number of hydrogen-bond donors (Lipinski definition) is 2. The van der Waals surface area contributed by atoms with Crippen molar-refractivity contribution in [3.63, 3.8) is 0 Å². The summed E-state index contributed by atoms with van der Waals surface area (Å²) in [7, 11) is 0. The summed E-state index contributed by atoms with van der Waals surface area (Å²) >= 11 is 3.13. The van der Waals surface area contributed by atoms with Crippen molar-refractivity contribution >= 4 is 15.9 Å². The molecule has 2 N–H and O–H groups in total. The molecule has 1 aliphatic heterocycles. The fourth-order valence-electron chi connectivity index (χ4n) is 1.42. The summed E-state index contributed by atoms with van der Waals surface area (Å²) in [6, 6.07) is 4.70. The highest BCUT2D eigenvalue weighted by molar-refractivity contribution is 9.10. The second kappa shape index (κ2) is 3.04. The Morgan fingerprint density at radius 2 is 2.15 bits per heavy atom. The highest BCUT2D eigenvalue weighted by Crippen LogP contribution is 2.32. The van der Waals surface area contributed by atoms with E-state index in [0.717, 1.165) is 0 Å². The Bertz CT molecular complexity index is 338. The lowest BCUT2D eigenvalue weighted by Gasteiger charge is -2.38. The van der Waals surface area contributed by atoms with Crippen LogP contribution in [0, 0.1) is 5.82 Å².